The number of nitrogens with one attached hydrogen (secondary N) is 1. The Labute approximate surface area is 141 Å². The fourth-order valence-electron chi connectivity index (χ4n) is 1.81. The Kier molecular flexibility index (Phi) is 5.50. The van der Waals surface area contributed by atoms with E-state index in [9.17, 15) is 13.2 Å². The standard InChI is InChI=1S/C15H13ClF3N3O2/c1-23-12-6-9(5-11(16)14(12)24-2)7-21-22-13-4-3-10(8-20-13)15(17,18)19/h3-8H,1-2H3,(H,20,22)/b21-7-. The largest absolute Gasteiger partial charge is 0.493 e. The molecule has 24 heavy (non-hydrogen) atoms. The average Bonchev–Trinajstić information content (AvgIpc) is 2.54. The van der Waals surface area contributed by atoms with Gasteiger partial charge in [-0.2, -0.15) is 18.3 Å². The molecular weight excluding hydrogens is 347 g/mol. The number of pyridine rings is 1. The van der Waals surface area contributed by atoms with E-state index in [1.54, 1.807) is 12.1 Å². The van der Waals surface area contributed by atoms with Crippen LogP contribution in [-0.4, -0.2) is 25.4 Å². The van der Waals surface area contributed by atoms with E-state index in [2.05, 4.69) is 15.5 Å². The quantitative estimate of drug-likeness (QED) is 0.641. The van der Waals surface area contributed by atoms with Crippen LogP contribution in [0, 0.1) is 0 Å². The maximum Gasteiger partial charge on any atom is 0.417 e. The predicted octanol–water partition coefficient (Wildman–Crippen LogP) is 4.22. The molecular formula is C15H13ClF3N3O2. The lowest BCUT2D eigenvalue weighted by molar-refractivity contribution is -0.137. The summed E-state index contributed by atoms with van der Waals surface area (Å²) in [5.41, 5.74) is 2.31. The van der Waals surface area contributed by atoms with E-state index in [-0.39, 0.29) is 5.82 Å². The van der Waals surface area contributed by atoms with Gasteiger partial charge in [0, 0.05) is 6.20 Å². The van der Waals surface area contributed by atoms with E-state index in [1.165, 1.54) is 26.5 Å². The Bertz CT molecular complexity index is 734. The lowest BCUT2D eigenvalue weighted by Gasteiger charge is -2.10. The van der Waals surface area contributed by atoms with E-state index in [1.807, 2.05) is 0 Å². The number of hydrogen-bond acceptors (Lipinski definition) is 5. The van der Waals surface area contributed by atoms with Gasteiger partial charge in [-0.05, 0) is 29.8 Å². The minimum absolute atomic E-state index is 0.172. The van der Waals surface area contributed by atoms with Gasteiger partial charge in [0.1, 0.15) is 5.82 Å². The number of alkyl halides is 3. The SMILES string of the molecule is COc1cc(/C=N\Nc2ccc(C(F)(F)F)cn2)cc(Cl)c1OC. The molecule has 9 heteroatoms. The Balaban J connectivity index is 2.10. The fraction of sp³-hybridized carbons (Fsp3) is 0.200. The summed E-state index contributed by atoms with van der Waals surface area (Å²) in [6.07, 6.45) is -2.27. The van der Waals surface area contributed by atoms with Crippen molar-refractivity contribution >= 4 is 23.6 Å². The lowest BCUT2D eigenvalue weighted by atomic mass is 10.2. The molecule has 0 spiro atoms. The molecule has 1 aromatic carbocycles. The number of hydrazone groups is 1. The molecule has 5 nitrogen and oxygen atoms in total. The highest BCUT2D eigenvalue weighted by Gasteiger charge is 2.30. The third-order valence-corrected chi connectivity index (χ3v) is 3.22. The second-order valence-electron chi connectivity index (χ2n) is 4.54. The fourth-order valence-corrected chi connectivity index (χ4v) is 2.11. The zero-order valence-corrected chi connectivity index (χ0v) is 13.4. The second kappa shape index (κ2) is 7.39. The molecule has 0 bridgehead atoms. The van der Waals surface area contributed by atoms with Gasteiger partial charge in [0.25, 0.3) is 0 Å². The average molecular weight is 360 g/mol. The molecule has 2 rings (SSSR count). The topological polar surface area (TPSA) is 55.7 Å². The van der Waals surface area contributed by atoms with E-state index < -0.39 is 11.7 Å². The van der Waals surface area contributed by atoms with E-state index >= 15 is 0 Å². The predicted molar refractivity (Wildman–Crippen MR) is 85.0 cm³/mol. The van der Waals surface area contributed by atoms with Gasteiger partial charge < -0.3 is 9.47 Å². The van der Waals surface area contributed by atoms with Crippen molar-refractivity contribution in [3.8, 4) is 11.5 Å². The van der Waals surface area contributed by atoms with Crippen LogP contribution in [0.3, 0.4) is 0 Å². The van der Waals surface area contributed by atoms with Crippen LogP contribution in [-0.2, 0) is 6.18 Å². The molecule has 0 saturated heterocycles. The van der Waals surface area contributed by atoms with Crippen molar-refractivity contribution in [1.29, 1.82) is 0 Å². The molecule has 128 valence electrons. The minimum Gasteiger partial charge on any atom is -0.493 e. The van der Waals surface area contributed by atoms with Gasteiger partial charge in [-0.25, -0.2) is 4.98 Å². The Morgan fingerprint density at radius 1 is 1.21 bits per heavy atom. The van der Waals surface area contributed by atoms with Crippen LogP contribution in [0.1, 0.15) is 11.1 Å². The molecule has 1 heterocycles. The number of hydrogen-bond donors (Lipinski definition) is 1. The van der Waals surface area contributed by atoms with Crippen LogP contribution >= 0.6 is 11.6 Å². The number of halogens is 4. The number of ether oxygens (including phenoxy) is 2. The summed E-state index contributed by atoms with van der Waals surface area (Å²) in [4.78, 5) is 3.64. The van der Waals surface area contributed by atoms with Crippen molar-refractivity contribution < 1.29 is 22.6 Å². The van der Waals surface area contributed by atoms with Gasteiger partial charge in [0.05, 0.1) is 31.0 Å². The summed E-state index contributed by atoms with van der Waals surface area (Å²) in [5.74, 6) is 0.999. The second-order valence-corrected chi connectivity index (χ2v) is 4.95. The number of anilines is 1. The molecule has 0 atom stereocenters. The highest BCUT2D eigenvalue weighted by Crippen LogP contribution is 2.35. The molecule has 0 fully saturated rings. The number of nitrogens with zero attached hydrogens (tertiary/aromatic N) is 2. The molecule has 0 amide bonds. The first-order chi connectivity index (χ1) is 11.3. The summed E-state index contributed by atoms with van der Waals surface area (Å²) in [6, 6.07) is 5.35. The van der Waals surface area contributed by atoms with Crippen LogP contribution in [0.4, 0.5) is 19.0 Å². The molecule has 0 aliphatic rings. The Hall–Kier alpha value is -2.48. The zero-order chi connectivity index (χ0) is 17.7. The van der Waals surface area contributed by atoms with E-state index in [4.69, 9.17) is 21.1 Å². The van der Waals surface area contributed by atoms with Crippen molar-refractivity contribution in [3.63, 3.8) is 0 Å². The summed E-state index contributed by atoms with van der Waals surface area (Å²) in [7, 11) is 2.94. The maximum atomic E-state index is 12.4. The molecule has 0 unspecified atom stereocenters. The van der Waals surface area contributed by atoms with Crippen LogP contribution in [0.2, 0.25) is 5.02 Å². The molecule has 0 saturated carbocycles. The third kappa shape index (κ3) is 4.29. The summed E-state index contributed by atoms with van der Waals surface area (Å²) in [5, 5.41) is 4.24. The minimum atomic E-state index is -4.43. The first-order valence-corrected chi connectivity index (χ1v) is 6.96. The molecule has 0 aliphatic carbocycles. The van der Waals surface area contributed by atoms with Gasteiger partial charge in [-0.15, -0.1) is 0 Å². The van der Waals surface area contributed by atoms with Gasteiger partial charge in [-0.3, -0.25) is 5.43 Å². The Morgan fingerprint density at radius 2 is 1.96 bits per heavy atom. The number of aromatic nitrogens is 1. The molecule has 0 radical (unpaired) electrons. The van der Waals surface area contributed by atoms with Crippen molar-refractivity contribution in [1.82, 2.24) is 4.98 Å². The van der Waals surface area contributed by atoms with Gasteiger partial charge in [-0.1, -0.05) is 11.6 Å². The molecule has 2 aromatic rings. The molecule has 1 N–H and O–H groups in total. The molecule has 0 aliphatic heterocycles. The van der Waals surface area contributed by atoms with Crippen LogP contribution in [0.5, 0.6) is 11.5 Å². The number of rotatable bonds is 5. The van der Waals surface area contributed by atoms with Crippen molar-refractivity contribution in [2.75, 3.05) is 19.6 Å². The number of benzene rings is 1. The molecule has 1 aromatic heterocycles. The van der Waals surface area contributed by atoms with E-state index in [0.29, 0.717) is 22.1 Å². The lowest BCUT2D eigenvalue weighted by Crippen LogP contribution is -2.05. The van der Waals surface area contributed by atoms with Crippen LogP contribution in [0.25, 0.3) is 0 Å². The van der Waals surface area contributed by atoms with Crippen molar-refractivity contribution in [2.45, 2.75) is 6.18 Å². The van der Waals surface area contributed by atoms with E-state index in [0.717, 1.165) is 12.3 Å². The van der Waals surface area contributed by atoms with Gasteiger partial charge >= 0.3 is 6.18 Å². The smallest absolute Gasteiger partial charge is 0.417 e. The third-order valence-electron chi connectivity index (χ3n) is 2.94. The Morgan fingerprint density at radius 3 is 2.50 bits per heavy atom. The highest BCUT2D eigenvalue weighted by atomic mass is 35.5. The van der Waals surface area contributed by atoms with Crippen LogP contribution in [0.15, 0.2) is 35.6 Å². The monoisotopic (exact) mass is 359 g/mol. The highest BCUT2D eigenvalue weighted by molar-refractivity contribution is 6.32. The van der Waals surface area contributed by atoms with Gasteiger partial charge in [0.15, 0.2) is 11.5 Å². The summed E-state index contributed by atoms with van der Waals surface area (Å²) < 4.78 is 47.6. The van der Waals surface area contributed by atoms with Crippen LogP contribution < -0.4 is 14.9 Å². The first-order valence-electron chi connectivity index (χ1n) is 6.59. The number of methoxy groups -OCH3 is 2. The zero-order valence-electron chi connectivity index (χ0n) is 12.7. The normalized spacial score (nSPS) is 11.6. The van der Waals surface area contributed by atoms with Crippen molar-refractivity contribution in [3.05, 3.63) is 46.6 Å². The summed E-state index contributed by atoms with van der Waals surface area (Å²) >= 11 is 6.06. The van der Waals surface area contributed by atoms with Crippen molar-refractivity contribution in [2.24, 2.45) is 5.10 Å². The van der Waals surface area contributed by atoms with Gasteiger partial charge in [0.2, 0.25) is 0 Å². The first kappa shape index (κ1) is 17.9. The maximum absolute atomic E-state index is 12.4. The summed E-state index contributed by atoms with van der Waals surface area (Å²) in [6.45, 7) is 0.